The Balaban J connectivity index is 1.51. The lowest BCUT2D eigenvalue weighted by atomic mass is 10.1. The maximum absolute atomic E-state index is 13.0. The van der Waals surface area contributed by atoms with Gasteiger partial charge in [0, 0.05) is 29.8 Å². The normalized spacial score (nSPS) is 15.5. The number of rotatable bonds is 4. The Kier molecular flexibility index (Phi) is 4.59. The van der Waals surface area contributed by atoms with Gasteiger partial charge in [0.15, 0.2) is 0 Å². The van der Waals surface area contributed by atoms with Crippen LogP contribution < -0.4 is 10.2 Å². The summed E-state index contributed by atoms with van der Waals surface area (Å²) in [4.78, 5) is 23.5. The number of aryl methyl sites for hydroxylation is 1. The molecular formula is C22H22N4O. The highest BCUT2D eigenvalue weighted by Gasteiger charge is 2.31. The Labute approximate surface area is 159 Å². The zero-order valence-corrected chi connectivity index (χ0v) is 15.5. The van der Waals surface area contributed by atoms with Crippen molar-refractivity contribution in [2.24, 2.45) is 0 Å². The number of hydrogen-bond acceptors (Lipinski definition) is 4. The topological polar surface area (TPSA) is 58.1 Å². The molecule has 4 rings (SSSR count). The number of aromatic nitrogens is 2. The smallest absolute Gasteiger partial charge is 0.261 e. The fourth-order valence-electron chi connectivity index (χ4n) is 3.47. The molecule has 0 spiro atoms. The summed E-state index contributed by atoms with van der Waals surface area (Å²) in [6, 6.07) is 16.3. The van der Waals surface area contributed by atoms with Gasteiger partial charge in [-0.05, 0) is 49.1 Å². The van der Waals surface area contributed by atoms with E-state index in [-0.39, 0.29) is 11.9 Å². The first kappa shape index (κ1) is 17.2. The van der Waals surface area contributed by atoms with Crippen LogP contribution >= 0.6 is 0 Å². The second-order valence-corrected chi connectivity index (χ2v) is 6.83. The van der Waals surface area contributed by atoms with Crippen molar-refractivity contribution in [1.29, 1.82) is 0 Å². The number of carbonyl (C=O) groups is 1. The van der Waals surface area contributed by atoms with E-state index >= 15 is 0 Å². The largest absolute Gasteiger partial charge is 0.324 e. The first-order valence-electron chi connectivity index (χ1n) is 9.25. The van der Waals surface area contributed by atoms with Crippen molar-refractivity contribution in [2.45, 2.75) is 32.7 Å². The molecule has 1 atom stereocenters. The molecule has 136 valence electrons. The van der Waals surface area contributed by atoms with Gasteiger partial charge >= 0.3 is 0 Å². The van der Waals surface area contributed by atoms with Gasteiger partial charge in [-0.3, -0.25) is 4.79 Å². The molecular weight excluding hydrogens is 336 g/mol. The number of fused-ring (bicyclic) bond motifs is 1. The monoisotopic (exact) mass is 358 g/mol. The first-order valence-corrected chi connectivity index (χ1v) is 9.25. The molecule has 1 aliphatic rings. The lowest BCUT2D eigenvalue weighted by molar-refractivity contribution is 0.0981. The van der Waals surface area contributed by atoms with Crippen LogP contribution in [0.1, 0.15) is 35.3 Å². The standard InChI is InChI=1S/C22H22N4O/c1-3-16-8-10-19(11-9-16)25-22-23-13-18(14-24-22)21(27)26-15(2)12-17-6-4-5-7-20(17)26/h4-11,13-15H,3,12H2,1-2H3,(H,23,24,25). The van der Waals surface area contributed by atoms with Crippen LogP contribution in [-0.2, 0) is 12.8 Å². The Bertz CT molecular complexity index is 951. The summed E-state index contributed by atoms with van der Waals surface area (Å²) in [7, 11) is 0. The number of anilines is 3. The zero-order chi connectivity index (χ0) is 18.8. The third kappa shape index (κ3) is 3.40. The summed E-state index contributed by atoms with van der Waals surface area (Å²) >= 11 is 0. The summed E-state index contributed by atoms with van der Waals surface area (Å²) in [5.74, 6) is 0.414. The van der Waals surface area contributed by atoms with Gasteiger partial charge in [-0.25, -0.2) is 9.97 Å². The number of para-hydroxylation sites is 1. The fraction of sp³-hybridized carbons (Fsp3) is 0.227. The van der Waals surface area contributed by atoms with Crippen molar-refractivity contribution < 1.29 is 4.79 Å². The molecule has 1 aromatic heterocycles. The van der Waals surface area contributed by atoms with Crippen LogP contribution in [-0.4, -0.2) is 21.9 Å². The van der Waals surface area contributed by atoms with Crippen molar-refractivity contribution >= 4 is 23.2 Å². The minimum Gasteiger partial charge on any atom is -0.324 e. The van der Waals surface area contributed by atoms with Crippen LogP contribution in [0.25, 0.3) is 0 Å². The van der Waals surface area contributed by atoms with E-state index in [1.54, 1.807) is 12.4 Å². The predicted molar refractivity (Wildman–Crippen MR) is 108 cm³/mol. The Morgan fingerprint density at radius 1 is 1.11 bits per heavy atom. The van der Waals surface area contributed by atoms with Crippen LogP contribution in [0.4, 0.5) is 17.3 Å². The molecule has 5 heteroatoms. The molecule has 5 nitrogen and oxygen atoms in total. The number of carbonyl (C=O) groups excluding carboxylic acids is 1. The van der Waals surface area contributed by atoms with Crippen LogP contribution in [0, 0.1) is 0 Å². The van der Waals surface area contributed by atoms with E-state index in [4.69, 9.17) is 0 Å². The van der Waals surface area contributed by atoms with E-state index < -0.39 is 0 Å². The fourth-order valence-corrected chi connectivity index (χ4v) is 3.47. The van der Waals surface area contributed by atoms with Gasteiger partial charge in [0.2, 0.25) is 5.95 Å². The number of hydrogen-bond donors (Lipinski definition) is 1. The van der Waals surface area contributed by atoms with Crippen LogP contribution in [0.15, 0.2) is 60.9 Å². The molecule has 0 radical (unpaired) electrons. The molecule has 1 amide bonds. The maximum Gasteiger partial charge on any atom is 0.261 e. The summed E-state index contributed by atoms with van der Waals surface area (Å²) in [5, 5.41) is 3.17. The zero-order valence-electron chi connectivity index (χ0n) is 15.5. The molecule has 1 unspecified atom stereocenters. The van der Waals surface area contributed by atoms with Gasteiger partial charge in [0.05, 0.1) is 5.56 Å². The average Bonchev–Trinajstić information content (AvgIpc) is 3.04. The van der Waals surface area contributed by atoms with E-state index in [9.17, 15) is 4.79 Å². The quantitative estimate of drug-likeness (QED) is 0.752. The minimum absolute atomic E-state index is 0.0636. The lowest BCUT2D eigenvalue weighted by Gasteiger charge is -2.22. The number of nitrogens with zero attached hydrogens (tertiary/aromatic N) is 3. The Morgan fingerprint density at radius 2 is 1.81 bits per heavy atom. The van der Waals surface area contributed by atoms with Crippen molar-refractivity contribution in [3.05, 3.63) is 77.6 Å². The predicted octanol–water partition coefficient (Wildman–Crippen LogP) is 4.37. The molecule has 0 aliphatic carbocycles. The van der Waals surface area contributed by atoms with Gasteiger partial charge in [-0.1, -0.05) is 37.3 Å². The van der Waals surface area contributed by atoms with Crippen LogP contribution in [0.3, 0.4) is 0 Å². The van der Waals surface area contributed by atoms with E-state index in [1.165, 1.54) is 11.1 Å². The highest BCUT2D eigenvalue weighted by atomic mass is 16.2. The number of benzene rings is 2. The Hall–Kier alpha value is -3.21. The summed E-state index contributed by atoms with van der Waals surface area (Å²) in [6.45, 7) is 4.19. The van der Waals surface area contributed by atoms with E-state index in [0.717, 1.165) is 24.2 Å². The highest BCUT2D eigenvalue weighted by molar-refractivity contribution is 6.07. The molecule has 0 saturated heterocycles. The first-order chi connectivity index (χ1) is 13.2. The molecule has 27 heavy (non-hydrogen) atoms. The molecule has 2 heterocycles. The molecule has 0 bridgehead atoms. The summed E-state index contributed by atoms with van der Waals surface area (Å²) < 4.78 is 0. The van der Waals surface area contributed by atoms with E-state index in [1.807, 2.05) is 35.2 Å². The van der Waals surface area contributed by atoms with Gasteiger partial charge < -0.3 is 10.2 Å². The van der Waals surface area contributed by atoms with Crippen molar-refractivity contribution in [1.82, 2.24) is 9.97 Å². The minimum atomic E-state index is -0.0636. The molecule has 1 N–H and O–H groups in total. The van der Waals surface area contributed by atoms with Gasteiger partial charge in [-0.15, -0.1) is 0 Å². The maximum atomic E-state index is 13.0. The van der Waals surface area contributed by atoms with Crippen LogP contribution in [0.2, 0.25) is 0 Å². The molecule has 0 saturated carbocycles. The van der Waals surface area contributed by atoms with Crippen LogP contribution in [0.5, 0.6) is 0 Å². The third-order valence-electron chi connectivity index (χ3n) is 4.94. The third-order valence-corrected chi connectivity index (χ3v) is 4.94. The molecule has 3 aromatic rings. The second kappa shape index (κ2) is 7.19. The molecule has 1 aliphatic heterocycles. The average molecular weight is 358 g/mol. The van der Waals surface area contributed by atoms with Crippen molar-refractivity contribution in [3.8, 4) is 0 Å². The summed E-state index contributed by atoms with van der Waals surface area (Å²) in [5.41, 5.74) is 4.88. The Morgan fingerprint density at radius 3 is 2.52 bits per heavy atom. The number of amides is 1. The summed E-state index contributed by atoms with van der Waals surface area (Å²) in [6.07, 6.45) is 5.05. The highest BCUT2D eigenvalue weighted by Crippen LogP contribution is 2.32. The van der Waals surface area contributed by atoms with Gasteiger partial charge in [-0.2, -0.15) is 0 Å². The lowest BCUT2D eigenvalue weighted by Crippen LogP contribution is -2.35. The van der Waals surface area contributed by atoms with Gasteiger partial charge in [0.1, 0.15) is 0 Å². The molecule has 0 fully saturated rings. The van der Waals surface area contributed by atoms with Crippen molar-refractivity contribution in [3.63, 3.8) is 0 Å². The second-order valence-electron chi connectivity index (χ2n) is 6.83. The van der Waals surface area contributed by atoms with Gasteiger partial charge in [0.25, 0.3) is 5.91 Å². The van der Waals surface area contributed by atoms with E-state index in [0.29, 0.717) is 11.5 Å². The van der Waals surface area contributed by atoms with Crippen molar-refractivity contribution in [2.75, 3.05) is 10.2 Å². The SMILES string of the molecule is CCc1ccc(Nc2ncc(C(=O)N3c4ccccc4CC3C)cn2)cc1. The van der Waals surface area contributed by atoms with E-state index in [2.05, 4.69) is 47.3 Å². The molecule has 2 aromatic carbocycles. The number of nitrogens with one attached hydrogen (secondary N) is 1.